The number of hydrogen-bond donors (Lipinski definition) is 1. The third kappa shape index (κ3) is 5.05. The first-order chi connectivity index (χ1) is 8.77. The molecule has 0 aliphatic heterocycles. The van der Waals surface area contributed by atoms with Gasteiger partial charge in [0.1, 0.15) is 0 Å². The van der Waals surface area contributed by atoms with E-state index in [1.54, 1.807) is 0 Å². The summed E-state index contributed by atoms with van der Waals surface area (Å²) in [4.78, 5) is 15.6. The Morgan fingerprint density at radius 2 is 1.89 bits per heavy atom. The normalized spacial score (nSPS) is 9.89. The molecule has 0 saturated carbocycles. The van der Waals surface area contributed by atoms with E-state index >= 15 is 0 Å². The highest BCUT2D eigenvalue weighted by Crippen LogP contribution is 2.26. The molecule has 1 aromatic rings. The molecule has 0 aliphatic rings. The van der Waals surface area contributed by atoms with Crippen LogP contribution < -0.4 is 15.0 Å². The molecule has 1 N–H and O–H groups in total. The maximum atomic E-state index is 11.1. The number of rotatable bonds is 8. The lowest BCUT2D eigenvalue weighted by molar-refractivity contribution is -0.131. The molecule has 0 unspecified atom stereocenters. The number of carbonyl (C=O) groups is 1. The Morgan fingerprint density at radius 1 is 1.22 bits per heavy atom. The third-order valence-electron chi connectivity index (χ3n) is 2.17. The van der Waals surface area contributed by atoms with Gasteiger partial charge >= 0.3 is 0 Å². The zero-order valence-corrected chi connectivity index (χ0v) is 10.8. The Kier molecular flexibility index (Phi) is 6.64. The van der Waals surface area contributed by atoms with Gasteiger partial charge in [-0.3, -0.25) is 9.63 Å². The second-order valence-electron chi connectivity index (χ2n) is 3.56. The van der Waals surface area contributed by atoms with Crippen LogP contribution in [0.2, 0.25) is 0 Å². The highest BCUT2D eigenvalue weighted by molar-refractivity contribution is 5.74. The van der Waals surface area contributed by atoms with Gasteiger partial charge in [0.15, 0.2) is 11.5 Å². The van der Waals surface area contributed by atoms with Crippen molar-refractivity contribution in [2.24, 2.45) is 0 Å². The Morgan fingerprint density at radius 3 is 2.50 bits per heavy atom. The maximum Gasteiger partial charge on any atom is 0.243 e. The van der Waals surface area contributed by atoms with Gasteiger partial charge in [-0.1, -0.05) is 12.1 Å². The van der Waals surface area contributed by atoms with Crippen LogP contribution in [-0.4, -0.2) is 26.2 Å². The topological polar surface area (TPSA) is 56.8 Å². The first-order valence-corrected chi connectivity index (χ1v) is 5.94. The summed E-state index contributed by atoms with van der Waals surface area (Å²) < 4.78 is 11.0. The summed E-state index contributed by atoms with van der Waals surface area (Å²) in [5.74, 6) is 1.27. The van der Waals surface area contributed by atoms with Crippen LogP contribution in [0, 0.1) is 0 Å². The van der Waals surface area contributed by atoms with Crippen LogP contribution in [0.1, 0.15) is 19.8 Å². The number of nitrogens with one attached hydrogen (secondary N) is 1. The fraction of sp³-hybridized carbons (Fsp3) is 0.462. The van der Waals surface area contributed by atoms with Gasteiger partial charge in [-0.25, -0.2) is 5.48 Å². The van der Waals surface area contributed by atoms with Crippen molar-refractivity contribution < 1.29 is 19.1 Å². The van der Waals surface area contributed by atoms with E-state index in [2.05, 4.69) is 10.3 Å². The van der Waals surface area contributed by atoms with Gasteiger partial charge in [0.2, 0.25) is 5.91 Å². The molecular weight excluding hydrogens is 234 g/mol. The number of hydroxylamine groups is 1. The largest absolute Gasteiger partial charge is 0.490 e. The van der Waals surface area contributed by atoms with Gasteiger partial charge in [0.05, 0.1) is 20.3 Å². The van der Waals surface area contributed by atoms with E-state index in [1.807, 2.05) is 31.2 Å². The number of para-hydroxylation sites is 2. The van der Waals surface area contributed by atoms with E-state index in [-0.39, 0.29) is 5.91 Å². The van der Waals surface area contributed by atoms with Crippen molar-refractivity contribution in [3.63, 3.8) is 0 Å². The van der Waals surface area contributed by atoms with Crippen molar-refractivity contribution in [3.05, 3.63) is 24.3 Å². The van der Waals surface area contributed by atoms with Gasteiger partial charge in [0.25, 0.3) is 0 Å². The average Bonchev–Trinajstić information content (AvgIpc) is 2.37. The van der Waals surface area contributed by atoms with E-state index in [0.717, 1.165) is 5.75 Å². The van der Waals surface area contributed by atoms with Gasteiger partial charge in [0, 0.05) is 6.42 Å². The lowest BCUT2D eigenvalue weighted by atomic mass is 10.3. The zero-order valence-electron chi connectivity index (χ0n) is 10.8. The summed E-state index contributed by atoms with van der Waals surface area (Å²) in [6, 6.07) is 7.48. The first-order valence-electron chi connectivity index (χ1n) is 5.94. The highest BCUT2D eigenvalue weighted by Gasteiger charge is 2.04. The molecule has 1 rings (SSSR count). The minimum atomic E-state index is -0.154. The van der Waals surface area contributed by atoms with Crippen molar-refractivity contribution >= 4 is 5.91 Å². The van der Waals surface area contributed by atoms with Crippen molar-refractivity contribution in [1.82, 2.24) is 5.48 Å². The van der Waals surface area contributed by atoms with Crippen molar-refractivity contribution in [2.45, 2.75) is 19.8 Å². The molecule has 1 aromatic carbocycles. The van der Waals surface area contributed by atoms with Gasteiger partial charge in [-0.05, 0) is 25.5 Å². The Hall–Kier alpha value is -1.75. The summed E-state index contributed by atoms with van der Waals surface area (Å²) in [7, 11) is 1.41. The minimum Gasteiger partial charge on any atom is -0.490 e. The molecule has 0 aliphatic carbocycles. The van der Waals surface area contributed by atoms with Crippen LogP contribution in [0.3, 0.4) is 0 Å². The SMILES string of the molecule is CCOc1ccccc1OCCCC(=O)NOC. The van der Waals surface area contributed by atoms with E-state index < -0.39 is 0 Å². The summed E-state index contributed by atoms with van der Waals surface area (Å²) in [6.07, 6.45) is 0.986. The monoisotopic (exact) mass is 253 g/mol. The fourth-order valence-electron chi connectivity index (χ4n) is 1.42. The van der Waals surface area contributed by atoms with Crippen LogP contribution in [0.4, 0.5) is 0 Å². The van der Waals surface area contributed by atoms with Crippen LogP contribution in [-0.2, 0) is 9.63 Å². The molecule has 0 heterocycles. The third-order valence-corrected chi connectivity index (χ3v) is 2.17. The molecule has 0 radical (unpaired) electrons. The standard InChI is InChI=1S/C13H19NO4/c1-3-17-11-7-4-5-8-12(11)18-10-6-9-13(15)14-16-2/h4-5,7-8H,3,6,9-10H2,1-2H3,(H,14,15). The van der Waals surface area contributed by atoms with Crippen LogP contribution >= 0.6 is 0 Å². The number of carbonyl (C=O) groups excluding carboxylic acids is 1. The van der Waals surface area contributed by atoms with E-state index in [1.165, 1.54) is 7.11 Å². The average molecular weight is 253 g/mol. The molecule has 0 saturated heterocycles. The second-order valence-corrected chi connectivity index (χ2v) is 3.56. The molecule has 0 aromatic heterocycles. The molecule has 0 atom stereocenters. The Labute approximate surface area is 107 Å². The van der Waals surface area contributed by atoms with Crippen molar-refractivity contribution in [1.29, 1.82) is 0 Å². The van der Waals surface area contributed by atoms with Gasteiger partial charge < -0.3 is 9.47 Å². The smallest absolute Gasteiger partial charge is 0.243 e. The van der Waals surface area contributed by atoms with E-state index in [4.69, 9.17) is 9.47 Å². The highest BCUT2D eigenvalue weighted by atomic mass is 16.6. The maximum absolute atomic E-state index is 11.1. The number of benzene rings is 1. The molecule has 0 bridgehead atoms. The van der Waals surface area contributed by atoms with Crippen LogP contribution in [0.25, 0.3) is 0 Å². The quantitative estimate of drug-likeness (QED) is 0.568. The molecule has 18 heavy (non-hydrogen) atoms. The number of hydrogen-bond acceptors (Lipinski definition) is 4. The predicted octanol–water partition coefficient (Wildman–Crippen LogP) is 1.92. The number of ether oxygens (including phenoxy) is 2. The lowest BCUT2D eigenvalue weighted by Gasteiger charge is -2.11. The summed E-state index contributed by atoms with van der Waals surface area (Å²) in [5.41, 5.74) is 2.26. The second kappa shape index (κ2) is 8.36. The molecule has 0 spiro atoms. The summed E-state index contributed by atoms with van der Waals surface area (Å²) >= 11 is 0. The zero-order chi connectivity index (χ0) is 13.2. The number of amides is 1. The molecular formula is C13H19NO4. The molecule has 5 nitrogen and oxygen atoms in total. The first kappa shape index (κ1) is 14.3. The van der Waals surface area contributed by atoms with E-state index in [9.17, 15) is 4.79 Å². The molecule has 1 amide bonds. The van der Waals surface area contributed by atoms with E-state index in [0.29, 0.717) is 31.8 Å². The Bertz CT molecular complexity index is 368. The van der Waals surface area contributed by atoms with Crippen LogP contribution in [0.15, 0.2) is 24.3 Å². The molecule has 100 valence electrons. The minimum absolute atomic E-state index is 0.154. The molecule has 5 heteroatoms. The lowest BCUT2D eigenvalue weighted by Crippen LogP contribution is -2.21. The fourth-order valence-corrected chi connectivity index (χ4v) is 1.42. The summed E-state index contributed by atoms with van der Waals surface area (Å²) in [6.45, 7) is 2.98. The van der Waals surface area contributed by atoms with Gasteiger partial charge in [-0.2, -0.15) is 0 Å². The van der Waals surface area contributed by atoms with Crippen molar-refractivity contribution in [3.8, 4) is 11.5 Å². The predicted molar refractivity (Wildman–Crippen MR) is 67.5 cm³/mol. The summed E-state index contributed by atoms with van der Waals surface area (Å²) in [5, 5.41) is 0. The Balaban J connectivity index is 2.32. The van der Waals surface area contributed by atoms with Crippen LogP contribution in [0.5, 0.6) is 11.5 Å². The van der Waals surface area contributed by atoms with Crippen molar-refractivity contribution in [2.75, 3.05) is 20.3 Å². The molecule has 0 fully saturated rings. The van der Waals surface area contributed by atoms with Gasteiger partial charge in [-0.15, -0.1) is 0 Å².